The normalized spacial score (nSPS) is 20.6. The van der Waals surface area contributed by atoms with Crippen molar-refractivity contribution in [2.75, 3.05) is 26.8 Å². The molecule has 0 saturated carbocycles. The quantitative estimate of drug-likeness (QED) is 0.395. The summed E-state index contributed by atoms with van der Waals surface area (Å²) >= 11 is 0. The van der Waals surface area contributed by atoms with Gasteiger partial charge in [-0.05, 0) is 25.7 Å². The second-order valence-electron chi connectivity index (χ2n) is 6.05. The Morgan fingerprint density at radius 3 is 2.60 bits per heavy atom. The fourth-order valence-electron chi connectivity index (χ4n) is 2.32. The third-order valence-corrected chi connectivity index (χ3v) is 3.61. The minimum atomic E-state index is 0. The molecular weight excluding hydrogens is 365 g/mol. The van der Waals surface area contributed by atoms with Crippen molar-refractivity contribution in [3.05, 3.63) is 0 Å². The Morgan fingerprint density at radius 2 is 2.05 bits per heavy atom. The molecule has 120 valence electrons. The van der Waals surface area contributed by atoms with Gasteiger partial charge in [-0.25, -0.2) is 0 Å². The van der Waals surface area contributed by atoms with Crippen molar-refractivity contribution < 1.29 is 4.74 Å². The SMILES string of the molecule is CN=C(NCC1CCOC1)NC(C)CCCC(C)C.I. The summed E-state index contributed by atoms with van der Waals surface area (Å²) in [6.45, 7) is 9.53. The lowest BCUT2D eigenvalue weighted by atomic mass is 10.0. The van der Waals surface area contributed by atoms with E-state index in [4.69, 9.17) is 4.74 Å². The minimum absolute atomic E-state index is 0. The van der Waals surface area contributed by atoms with Gasteiger partial charge in [0.1, 0.15) is 0 Å². The Bertz CT molecular complexity index is 266. The number of halogens is 1. The highest BCUT2D eigenvalue weighted by Gasteiger charge is 2.16. The standard InChI is InChI=1S/C15H31N3O.HI/c1-12(2)6-5-7-13(3)18-15(16-4)17-10-14-8-9-19-11-14;/h12-14H,5-11H2,1-4H3,(H2,16,17,18);1H. The monoisotopic (exact) mass is 397 g/mol. The molecule has 0 aromatic heterocycles. The third kappa shape index (κ3) is 9.00. The van der Waals surface area contributed by atoms with Crippen LogP contribution in [-0.2, 0) is 4.74 Å². The van der Waals surface area contributed by atoms with Gasteiger partial charge in [0.25, 0.3) is 0 Å². The number of guanidine groups is 1. The maximum atomic E-state index is 5.38. The second kappa shape index (κ2) is 11.6. The number of hydrogen-bond acceptors (Lipinski definition) is 2. The summed E-state index contributed by atoms with van der Waals surface area (Å²) in [6.07, 6.45) is 4.94. The minimum Gasteiger partial charge on any atom is -0.381 e. The van der Waals surface area contributed by atoms with Crippen LogP contribution in [0.3, 0.4) is 0 Å². The van der Waals surface area contributed by atoms with Gasteiger partial charge in [-0.2, -0.15) is 0 Å². The van der Waals surface area contributed by atoms with Crippen molar-refractivity contribution in [2.45, 2.75) is 52.5 Å². The van der Waals surface area contributed by atoms with Gasteiger partial charge >= 0.3 is 0 Å². The van der Waals surface area contributed by atoms with E-state index in [2.05, 4.69) is 36.4 Å². The molecule has 0 radical (unpaired) electrons. The molecule has 4 nitrogen and oxygen atoms in total. The van der Waals surface area contributed by atoms with Gasteiger partial charge < -0.3 is 15.4 Å². The summed E-state index contributed by atoms with van der Waals surface area (Å²) in [5, 5.41) is 6.86. The molecule has 1 heterocycles. The number of nitrogens with zero attached hydrogens (tertiary/aromatic N) is 1. The highest BCUT2D eigenvalue weighted by atomic mass is 127. The van der Waals surface area contributed by atoms with E-state index in [1.165, 1.54) is 19.3 Å². The van der Waals surface area contributed by atoms with Crippen LogP contribution in [0, 0.1) is 11.8 Å². The van der Waals surface area contributed by atoms with E-state index in [1.807, 2.05) is 7.05 Å². The molecule has 1 fully saturated rings. The highest BCUT2D eigenvalue weighted by Crippen LogP contribution is 2.10. The predicted octanol–water partition coefficient (Wildman–Crippen LogP) is 3.02. The van der Waals surface area contributed by atoms with Gasteiger partial charge in [-0.1, -0.05) is 26.7 Å². The molecule has 1 aliphatic rings. The molecular formula is C15H32IN3O. The largest absolute Gasteiger partial charge is 0.381 e. The Hall–Kier alpha value is -0.0400. The molecule has 0 amide bonds. The van der Waals surface area contributed by atoms with Crippen LogP contribution in [0.25, 0.3) is 0 Å². The van der Waals surface area contributed by atoms with Crippen LogP contribution in [0.2, 0.25) is 0 Å². The Balaban J connectivity index is 0.00000361. The van der Waals surface area contributed by atoms with E-state index in [0.29, 0.717) is 12.0 Å². The zero-order valence-electron chi connectivity index (χ0n) is 13.4. The molecule has 1 rings (SSSR count). The summed E-state index contributed by atoms with van der Waals surface area (Å²) in [4.78, 5) is 4.29. The number of aliphatic imine (C=N–C) groups is 1. The number of rotatable bonds is 7. The van der Waals surface area contributed by atoms with Gasteiger partial charge in [0.15, 0.2) is 5.96 Å². The average molecular weight is 397 g/mol. The molecule has 2 N–H and O–H groups in total. The number of ether oxygens (including phenoxy) is 1. The molecule has 20 heavy (non-hydrogen) atoms. The van der Waals surface area contributed by atoms with Crippen LogP contribution in [-0.4, -0.2) is 38.8 Å². The first-order valence-electron chi connectivity index (χ1n) is 7.66. The van der Waals surface area contributed by atoms with E-state index in [0.717, 1.165) is 38.1 Å². The summed E-state index contributed by atoms with van der Waals surface area (Å²) in [5.41, 5.74) is 0. The van der Waals surface area contributed by atoms with Crippen LogP contribution in [0.5, 0.6) is 0 Å². The van der Waals surface area contributed by atoms with Crippen molar-refractivity contribution in [2.24, 2.45) is 16.8 Å². The molecule has 0 aliphatic carbocycles. The molecule has 5 heteroatoms. The van der Waals surface area contributed by atoms with E-state index in [9.17, 15) is 0 Å². The lowest BCUT2D eigenvalue weighted by Crippen LogP contribution is -2.44. The van der Waals surface area contributed by atoms with E-state index >= 15 is 0 Å². The van der Waals surface area contributed by atoms with Crippen LogP contribution in [0.15, 0.2) is 4.99 Å². The first kappa shape index (κ1) is 20.0. The van der Waals surface area contributed by atoms with Gasteiger partial charge in [-0.15, -0.1) is 24.0 Å². The predicted molar refractivity (Wildman–Crippen MR) is 97.0 cm³/mol. The van der Waals surface area contributed by atoms with E-state index in [1.54, 1.807) is 0 Å². The maximum Gasteiger partial charge on any atom is 0.191 e. The average Bonchev–Trinajstić information content (AvgIpc) is 2.87. The molecule has 2 unspecified atom stereocenters. The summed E-state index contributed by atoms with van der Waals surface area (Å²) in [5.74, 6) is 2.35. The van der Waals surface area contributed by atoms with Crippen LogP contribution >= 0.6 is 24.0 Å². The van der Waals surface area contributed by atoms with Crippen LogP contribution in [0.4, 0.5) is 0 Å². The number of hydrogen-bond donors (Lipinski definition) is 2. The van der Waals surface area contributed by atoms with Crippen molar-refractivity contribution in [3.63, 3.8) is 0 Å². The highest BCUT2D eigenvalue weighted by molar-refractivity contribution is 14.0. The smallest absolute Gasteiger partial charge is 0.191 e. The topological polar surface area (TPSA) is 45.7 Å². The van der Waals surface area contributed by atoms with Crippen LogP contribution < -0.4 is 10.6 Å². The Morgan fingerprint density at radius 1 is 1.30 bits per heavy atom. The lowest BCUT2D eigenvalue weighted by molar-refractivity contribution is 0.186. The Kier molecular flexibility index (Phi) is 11.6. The molecule has 2 atom stereocenters. The molecule has 1 saturated heterocycles. The Labute approximate surface area is 141 Å². The molecule has 0 spiro atoms. The molecule has 0 aromatic rings. The summed E-state index contributed by atoms with van der Waals surface area (Å²) < 4.78 is 5.38. The van der Waals surface area contributed by atoms with Crippen LogP contribution in [0.1, 0.15) is 46.5 Å². The fourth-order valence-corrected chi connectivity index (χ4v) is 2.32. The second-order valence-corrected chi connectivity index (χ2v) is 6.05. The van der Waals surface area contributed by atoms with E-state index < -0.39 is 0 Å². The molecule has 1 aliphatic heterocycles. The fraction of sp³-hybridized carbons (Fsp3) is 0.933. The van der Waals surface area contributed by atoms with Gasteiger partial charge in [0.05, 0.1) is 6.61 Å². The van der Waals surface area contributed by atoms with Crippen molar-refractivity contribution in [3.8, 4) is 0 Å². The zero-order chi connectivity index (χ0) is 14.1. The summed E-state index contributed by atoms with van der Waals surface area (Å²) in [7, 11) is 1.83. The third-order valence-electron chi connectivity index (χ3n) is 3.61. The first-order chi connectivity index (χ1) is 9.11. The van der Waals surface area contributed by atoms with Crippen molar-refractivity contribution in [1.82, 2.24) is 10.6 Å². The van der Waals surface area contributed by atoms with Gasteiger partial charge in [0, 0.05) is 32.2 Å². The van der Waals surface area contributed by atoms with Crippen molar-refractivity contribution >= 4 is 29.9 Å². The maximum absolute atomic E-state index is 5.38. The van der Waals surface area contributed by atoms with Gasteiger partial charge in [-0.3, -0.25) is 4.99 Å². The molecule has 0 bridgehead atoms. The zero-order valence-corrected chi connectivity index (χ0v) is 15.8. The van der Waals surface area contributed by atoms with Gasteiger partial charge in [0.2, 0.25) is 0 Å². The summed E-state index contributed by atoms with van der Waals surface area (Å²) in [6, 6.07) is 0.477. The molecule has 0 aromatic carbocycles. The number of nitrogens with one attached hydrogen (secondary N) is 2. The van der Waals surface area contributed by atoms with Crippen molar-refractivity contribution in [1.29, 1.82) is 0 Å². The lowest BCUT2D eigenvalue weighted by Gasteiger charge is -2.19. The first-order valence-corrected chi connectivity index (χ1v) is 7.66. The van der Waals surface area contributed by atoms with E-state index in [-0.39, 0.29) is 24.0 Å².